The lowest BCUT2D eigenvalue weighted by molar-refractivity contribution is 0.0960. The van der Waals surface area contributed by atoms with Crippen molar-refractivity contribution in [3.8, 4) is 0 Å². The maximum absolute atomic E-state index is 12.3. The molecule has 0 aliphatic carbocycles. The highest BCUT2D eigenvalue weighted by atomic mass is 127. The van der Waals surface area contributed by atoms with Gasteiger partial charge in [0.25, 0.3) is 5.56 Å². The fraction of sp³-hybridized carbons (Fsp3) is 0.385. The maximum atomic E-state index is 12.3. The lowest BCUT2D eigenvalue weighted by atomic mass is 10.2. The van der Waals surface area contributed by atoms with E-state index < -0.39 is 0 Å². The van der Waals surface area contributed by atoms with E-state index >= 15 is 0 Å². The Kier molecular flexibility index (Phi) is 3.34. The van der Waals surface area contributed by atoms with E-state index in [-0.39, 0.29) is 11.7 Å². The van der Waals surface area contributed by atoms with E-state index in [1.54, 1.807) is 10.9 Å². The van der Waals surface area contributed by atoms with Gasteiger partial charge in [0.1, 0.15) is 0 Å². The summed E-state index contributed by atoms with van der Waals surface area (Å²) in [7, 11) is 0. The van der Waals surface area contributed by atoms with Crippen molar-refractivity contribution in [2.45, 2.75) is 25.5 Å². The van der Waals surface area contributed by atoms with Crippen molar-refractivity contribution in [2.24, 2.45) is 0 Å². The number of hydrogen-bond acceptors (Lipinski definition) is 3. The number of ether oxygens (including phenoxy) is 1. The fourth-order valence-corrected chi connectivity index (χ4v) is 2.76. The van der Waals surface area contributed by atoms with Gasteiger partial charge in [-0.2, -0.15) is 0 Å². The lowest BCUT2D eigenvalue weighted by Gasteiger charge is -2.11. The summed E-state index contributed by atoms with van der Waals surface area (Å²) in [4.78, 5) is 16.7. The first-order valence-electron chi connectivity index (χ1n) is 6.00. The highest BCUT2D eigenvalue weighted by molar-refractivity contribution is 14.1. The van der Waals surface area contributed by atoms with Crippen molar-refractivity contribution in [1.29, 1.82) is 0 Å². The van der Waals surface area contributed by atoms with Gasteiger partial charge in [0.2, 0.25) is 0 Å². The summed E-state index contributed by atoms with van der Waals surface area (Å²) < 4.78 is 8.27. The molecule has 0 spiro atoms. The van der Waals surface area contributed by atoms with Gasteiger partial charge in [-0.1, -0.05) is 0 Å². The minimum absolute atomic E-state index is 0.0222. The van der Waals surface area contributed by atoms with E-state index in [4.69, 9.17) is 4.74 Å². The topological polar surface area (TPSA) is 44.1 Å². The van der Waals surface area contributed by atoms with Gasteiger partial charge in [0, 0.05) is 10.2 Å². The smallest absolute Gasteiger partial charge is 0.261 e. The molecule has 4 nitrogen and oxygen atoms in total. The molecule has 0 saturated carbocycles. The van der Waals surface area contributed by atoms with E-state index in [9.17, 15) is 4.79 Å². The second-order valence-electron chi connectivity index (χ2n) is 4.50. The summed E-state index contributed by atoms with van der Waals surface area (Å²) in [5, 5.41) is 0.683. The molecule has 1 aromatic heterocycles. The second-order valence-corrected chi connectivity index (χ2v) is 5.74. The average Bonchev–Trinajstić information content (AvgIpc) is 2.86. The van der Waals surface area contributed by atoms with E-state index in [0.29, 0.717) is 11.9 Å². The molecule has 18 heavy (non-hydrogen) atoms. The first-order chi connectivity index (χ1) is 8.74. The summed E-state index contributed by atoms with van der Waals surface area (Å²) in [6, 6.07) is 5.73. The van der Waals surface area contributed by atoms with Crippen LogP contribution in [0.4, 0.5) is 0 Å². The van der Waals surface area contributed by atoms with Gasteiger partial charge in [-0.15, -0.1) is 0 Å². The molecule has 1 atom stereocenters. The average molecular weight is 356 g/mol. The van der Waals surface area contributed by atoms with Crippen LogP contribution < -0.4 is 5.56 Å². The largest absolute Gasteiger partial charge is 0.376 e. The van der Waals surface area contributed by atoms with Gasteiger partial charge < -0.3 is 4.74 Å². The van der Waals surface area contributed by atoms with Crippen molar-refractivity contribution >= 4 is 33.5 Å². The van der Waals surface area contributed by atoms with E-state index in [1.165, 1.54) is 0 Å². The lowest BCUT2D eigenvalue weighted by Crippen LogP contribution is -2.26. The predicted molar refractivity (Wildman–Crippen MR) is 77.7 cm³/mol. The minimum atomic E-state index is 0.0222. The summed E-state index contributed by atoms with van der Waals surface area (Å²) in [6.07, 6.45) is 3.89. The zero-order valence-electron chi connectivity index (χ0n) is 9.80. The van der Waals surface area contributed by atoms with Crippen LogP contribution in [0.5, 0.6) is 0 Å². The molecule has 0 bridgehead atoms. The molecule has 1 aliphatic rings. The molecule has 0 radical (unpaired) electrons. The van der Waals surface area contributed by atoms with Gasteiger partial charge in [0.15, 0.2) is 0 Å². The molecule has 2 heterocycles. The van der Waals surface area contributed by atoms with Crippen LogP contribution in [0.1, 0.15) is 12.8 Å². The van der Waals surface area contributed by atoms with E-state index in [1.807, 2.05) is 18.2 Å². The molecule has 1 saturated heterocycles. The van der Waals surface area contributed by atoms with Crippen LogP contribution in [-0.4, -0.2) is 22.3 Å². The highest BCUT2D eigenvalue weighted by Gasteiger charge is 2.17. The first kappa shape index (κ1) is 12.1. The predicted octanol–water partition coefficient (Wildman–Crippen LogP) is 2.18. The number of benzene rings is 1. The Morgan fingerprint density at radius 2 is 2.39 bits per heavy atom. The fourth-order valence-electron chi connectivity index (χ4n) is 2.27. The molecule has 0 N–H and O–H groups in total. The third kappa shape index (κ3) is 2.29. The van der Waals surface area contributed by atoms with Gasteiger partial charge in [-0.25, -0.2) is 4.98 Å². The molecule has 3 rings (SSSR count). The number of hydrogen-bond donors (Lipinski definition) is 0. The van der Waals surface area contributed by atoms with Crippen LogP contribution in [0.15, 0.2) is 29.3 Å². The quantitative estimate of drug-likeness (QED) is 0.775. The van der Waals surface area contributed by atoms with Crippen LogP contribution in [0.25, 0.3) is 10.9 Å². The summed E-state index contributed by atoms with van der Waals surface area (Å²) in [6.45, 7) is 1.41. The number of halogens is 1. The SMILES string of the molecule is O=c1c2cc(I)ccc2ncn1CC1CCCO1. The monoisotopic (exact) mass is 356 g/mol. The van der Waals surface area contributed by atoms with E-state index in [2.05, 4.69) is 27.6 Å². The van der Waals surface area contributed by atoms with Crippen LogP contribution >= 0.6 is 22.6 Å². The molecular weight excluding hydrogens is 343 g/mol. The number of fused-ring (bicyclic) bond motifs is 1. The summed E-state index contributed by atoms with van der Waals surface area (Å²) in [5.74, 6) is 0. The Morgan fingerprint density at radius 3 is 3.17 bits per heavy atom. The Hall–Kier alpha value is -0.950. The molecule has 1 aliphatic heterocycles. The molecule has 5 heteroatoms. The van der Waals surface area contributed by atoms with Crippen molar-refractivity contribution in [1.82, 2.24) is 9.55 Å². The molecule has 1 aromatic carbocycles. The first-order valence-corrected chi connectivity index (χ1v) is 7.08. The van der Waals surface area contributed by atoms with Crippen LogP contribution in [0.2, 0.25) is 0 Å². The Morgan fingerprint density at radius 1 is 1.50 bits per heavy atom. The van der Waals surface area contributed by atoms with Crippen molar-refractivity contribution < 1.29 is 4.74 Å². The molecule has 1 fully saturated rings. The van der Waals surface area contributed by atoms with Crippen LogP contribution in [-0.2, 0) is 11.3 Å². The number of rotatable bonds is 2. The van der Waals surface area contributed by atoms with Crippen LogP contribution in [0, 0.1) is 3.57 Å². The Balaban J connectivity index is 2.02. The zero-order chi connectivity index (χ0) is 12.5. The van der Waals surface area contributed by atoms with Crippen molar-refractivity contribution in [3.63, 3.8) is 0 Å². The molecular formula is C13H13IN2O2. The molecule has 94 valence electrons. The zero-order valence-corrected chi connectivity index (χ0v) is 12.0. The van der Waals surface area contributed by atoms with Gasteiger partial charge in [0.05, 0.1) is 29.9 Å². The molecule has 0 amide bonds. The number of aromatic nitrogens is 2. The second kappa shape index (κ2) is 4.97. The van der Waals surface area contributed by atoms with Crippen LogP contribution in [0.3, 0.4) is 0 Å². The van der Waals surface area contributed by atoms with Gasteiger partial charge in [-0.05, 0) is 53.6 Å². The third-order valence-electron chi connectivity index (χ3n) is 3.21. The van der Waals surface area contributed by atoms with Gasteiger partial charge in [-0.3, -0.25) is 9.36 Å². The molecule has 2 aromatic rings. The minimum Gasteiger partial charge on any atom is -0.376 e. The maximum Gasteiger partial charge on any atom is 0.261 e. The molecule has 1 unspecified atom stereocenters. The van der Waals surface area contributed by atoms with Gasteiger partial charge >= 0.3 is 0 Å². The summed E-state index contributed by atoms with van der Waals surface area (Å²) in [5.41, 5.74) is 0.776. The summed E-state index contributed by atoms with van der Waals surface area (Å²) >= 11 is 2.21. The van der Waals surface area contributed by atoms with Crippen molar-refractivity contribution in [2.75, 3.05) is 6.61 Å². The Bertz CT molecular complexity index is 632. The van der Waals surface area contributed by atoms with Crippen molar-refractivity contribution in [3.05, 3.63) is 38.5 Å². The third-order valence-corrected chi connectivity index (χ3v) is 3.88. The van der Waals surface area contributed by atoms with E-state index in [0.717, 1.165) is 28.5 Å². The normalized spacial score (nSPS) is 19.5. The Labute approximate surface area is 118 Å². The highest BCUT2D eigenvalue weighted by Crippen LogP contribution is 2.15. The standard InChI is InChI=1S/C13H13IN2O2/c14-9-3-4-12-11(6-9)13(17)16(8-15-12)7-10-2-1-5-18-10/h3-4,6,8,10H,1-2,5,7H2. The number of nitrogens with zero attached hydrogens (tertiary/aromatic N) is 2.